The number of hydrogen-bond acceptors (Lipinski definition) is 6. The summed E-state index contributed by atoms with van der Waals surface area (Å²) >= 11 is 0. The van der Waals surface area contributed by atoms with Gasteiger partial charge in [-0.3, -0.25) is 0 Å². The molecule has 2 aromatic rings. The first-order valence-corrected chi connectivity index (χ1v) is 10.7. The lowest BCUT2D eigenvalue weighted by Gasteiger charge is -2.35. The van der Waals surface area contributed by atoms with Gasteiger partial charge in [-0.1, -0.05) is 60.7 Å². The van der Waals surface area contributed by atoms with Crippen molar-refractivity contribution in [3.05, 3.63) is 94.3 Å². The fraction of sp³-hybridized carbons (Fsp3) is 0.308. The summed E-state index contributed by atoms with van der Waals surface area (Å²) in [5.41, 5.74) is 4.35. The molecule has 0 spiro atoms. The summed E-state index contributed by atoms with van der Waals surface area (Å²) in [6, 6.07) is 19.9. The van der Waals surface area contributed by atoms with Gasteiger partial charge in [0.15, 0.2) is 0 Å². The highest BCUT2D eigenvalue weighted by Crippen LogP contribution is 2.36. The Morgan fingerprint density at radius 2 is 1.16 bits per heavy atom. The van der Waals surface area contributed by atoms with Gasteiger partial charge in [0.2, 0.25) is 0 Å². The number of hydrogen-bond donors (Lipinski definition) is 1. The molecule has 32 heavy (non-hydrogen) atoms. The molecule has 0 unspecified atom stereocenters. The number of allylic oxidation sites excluding steroid dienone is 2. The van der Waals surface area contributed by atoms with E-state index >= 15 is 0 Å². The lowest BCUT2D eigenvalue weighted by molar-refractivity contribution is -0.137. The molecule has 0 radical (unpaired) electrons. The van der Waals surface area contributed by atoms with Gasteiger partial charge in [0, 0.05) is 17.8 Å². The van der Waals surface area contributed by atoms with Crippen molar-refractivity contribution in [2.75, 3.05) is 21.0 Å². The van der Waals surface area contributed by atoms with Crippen LogP contribution in [-0.4, -0.2) is 42.9 Å². The van der Waals surface area contributed by atoms with Gasteiger partial charge >= 0.3 is 11.9 Å². The Bertz CT molecular complexity index is 916. The van der Waals surface area contributed by atoms with Crippen LogP contribution in [0, 0.1) is 0 Å². The fourth-order valence-corrected chi connectivity index (χ4v) is 4.05. The predicted molar refractivity (Wildman–Crippen MR) is 121 cm³/mol. The minimum absolute atomic E-state index is 0.115. The minimum Gasteiger partial charge on any atom is -0.466 e. The number of methoxy groups -OCH3 is 2. The number of ether oxygens (including phenoxy) is 2. The van der Waals surface area contributed by atoms with Gasteiger partial charge in [-0.25, -0.2) is 9.59 Å². The quantitative estimate of drug-likeness (QED) is 0.605. The van der Waals surface area contributed by atoms with Crippen LogP contribution in [0.15, 0.2) is 83.2 Å². The molecule has 1 aliphatic rings. The second kappa shape index (κ2) is 11.3. The first-order chi connectivity index (χ1) is 15.6. The molecule has 168 valence electrons. The lowest BCUT2D eigenvalue weighted by Crippen LogP contribution is -2.34. The molecule has 0 saturated carbocycles. The highest BCUT2D eigenvalue weighted by molar-refractivity contribution is 5.96. The van der Waals surface area contributed by atoms with Crippen LogP contribution in [0.4, 0.5) is 0 Å². The SMILES string of the molecule is COC(=O)C1=C(CCc2ccccc2)N(CO)C(CCc2ccccc2)=C(C(=O)OC)C1. The van der Waals surface area contributed by atoms with Crippen LogP contribution >= 0.6 is 0 Å². The maximum atomic E-state index is 12.6. The largest absolute Gasteiger partial charge is 0.466 e. The lowest BCUT2D eigenvalue weighted by atomic mass is 9.91. The van der Waals surface area contributed by atoms with Gasteiger partial charge in [-0.05, 0) is 36.8 Å². The standard InChI is InChI=1S/C26H29NO5/c1-31-25(29)21-17-22(26(30)32-2)24(16-14-20-11-7-4-8-12-20)27(18-28)23(21)15-13-19-9-5-3-6-10-19/h3-12,28H,13-18H2,1-2H3. The van der Waals surface area contributed by atoms with E-state index in [0.29, 0.717) is 48.2 Å². The Hall–Kier alpha value is -3.38. The zero-order valence-corrected chi connectivity index (χ0v) is 18.5. The number of aryl methyl sites for hydroxylation is 2. The molecule has 1 aliphatic heterocycles. The summed E-state index contributed by atoms with van der Waals surface area (Å²) < 4.78 is 10.0. The second-order valence-electron chi connectivity index (χ2n) is 7.55. The van der Waals surface area contributed by atoms with E-state index in [1.807, 2.05) is 60.7 Å². The van der Waals surface area contributed by atoms with Crippen molar-refractivity contribution < 1.29 is 24.2 Å². The van der Waals surface area contributed by atoms with Crippen LogP contribution in [0.1, 0.15) is 30.4 Å². The van der Waals surface area contributed by atoms with Gasteiger partial charge in [-0.2, -0.15) is 0 Å². The number of aliphatic hydroxyl groups excluding tert-OH is 1. The van der Waals surface area contributed by atoms with Crippen LogP contribution < -0.4 is 0 Å². The number of esters is 2. The summed E-state index contributed by atoms with van der Waals surface area (Å²) in [4.78, 5) is 26.9. The number of carbonyl (C=O) groups is 2. The van der Waals surface area contributed by atoms with Gasteiger partial charge in [-0.15, -0.1) is 0 Å². The summed E-state index contributed by atoms with van der Waals surface area (Å²) in [7, 11) is 2.64. The van der Waals surface area contributed by atoms with Gasteiger partial charge in [0.1, 0.15) is 6.73 Å². The van der Waals surface area contributed by atoms with Crippen molar-refractivity contribution in [3.63, 3.8) is 0 Å². The number of nitrogens with zero attached hydrogens (tertiary/aromatic N) is 1. The van der Waals surface area contributed by atoms with Crippen molar-refractivity contribution in [2.45, 2.75) is 32.1 Å². The molecule has 0 aliphatic carbocycles. The molecule has 6 nitrogen and oxygen atoms in total. The van der Waals surface area contributed by atoms with E-state index in [1.54, 1.807) is 4.90 Å². The molecular formula is C26H29NO5. The van der Waals surface area contributed by atoms with Crippen molar-refractivity contribution in [1.82, 2.24) is 4.90 Å². The van der Waals surface area contributed by atoms with Crippen molar-refractivity contribution in [2.24, 2.45) is 0 Å². The van der Waals surface area contributed by atoms with E-state index in [4.69, 9.17) is 9.47 Å². The topological polar surface area (TPSA) is 76.1 Å². The highest BCUT2D eigenvalue weighted by Gasteiger charge is 2.33. The third-order valence-electron chi connectivity index (χ3n) is 5.69. The van der Waals surface area contributed by atoms with E-state index in [9.17, 15) is 14.7 Å². The Morgan fingerprint density at radius 3 is 1.50 bits per heavy atom. The number of carbonyl (C=O) groups excluding carboxylic acids is 2. The van der Waals surface area contributed by atoms with E-state index in [0.717, 1.165) is 11.1 Å². The fourth-order valence-electron chi connectivity index (χ4n) is 4.05. The van der Waals surface area contributed by atoms with Crippen molar-refractivity contribution >= 4 is 11.9 Å². The average Bonchev–Trinajstić information content (AvgIpc) is 2.85. The Balaban J connectivity index is 1.96. The summed E-state index contributed by atoms with van der Waals surface area (Å²) in [6.07, 6.45) is 2.54. The number of benzene rings is 2. The molecule has 2 aromatic carbocycles. The summed E-state index contributed by atoms with van der Waals surface area (Å²) in [6.45, 7) is -0.352. The van der Waals surface area contributed by atoms with Crippen molar-refractivity contribution in [3.8, 4) is 0 Å². The molecule has 0 saturated heterocycles. The zero-order chi connectivity index (χ0) is 22.9. The minimum atomic E-state index is -0.505. The second-order valence-corrected chi connectivity index (χ2v) is 7.55. The third-order valence-corrected chi connectivity index (χ3v) is 5.69. The van der Waals surface area contributed by atoms with Crippen molar-refractivity contribution in [1.29, 1.82) is 0 Å². The third kappa shape index (κ3) is 5.45. The smallest absolute Gasteiger partial charge is 0.335 e. The molecule has 0 fully saturated rings. The molecule has 0 atom stereocenters. The van der Waals surface area contributed by atoms with E-state index in [1.165, 1.54) is 14.2 Å². The molecule has 1 heterocycles. The molecule has 1 N–H and O–H groups in total. The monoisotopic (exact) mass is 435 g/mol. The van der Waals surface area contributed by atoms with Crippen LogP contribution in [0.5, 0.6) is 0 Å². The average molecular weight is 436 g/mol. The van der Waals surface area contributed by atoms with E-state index in [-0.39, 0.29) is 13.2 Å². The van der Waals surface area contributed by atoms with E-state index in [2.05, 4.69) is 0 Å². The molecule has 6 heteroatoms. The summed E-state index contributed by atoms with van der Waals surface area (Å²) in [5, 5.41) is 10.3. The number of aliphatic hydroxyl groups is 1. The van der Waals surface area contributed by atoms with E-state index < -0.39 is 11.9 Å². The first-order valence-electron chi connectivity index (χ1n) is 10.7. The van der Waals surface area contributed by atoms with Gasteiger partial charge in [0.05, 0.1) is 25.4 Å². The molecule has 3 rings (SSSR count). The Kier molecular flexibility index (Phi) is 8.22. The van der Waals surface area contributed by atoms with Crippen LogP contribution in [0.25, 0.3) is 0 Å². The maximum absolute atomic E-state index is 12.6. The molecule has 0 aromatic heterocycles. The normalized spacial score (nSPS) is 13.9. The molecular weight excluding hydrogens is 406 g/mol. The first kappa shape index (κ1) is 23.3. The molecule has 0 bridgehead atoms. The number of rotatable bonds is 9. The van der Waals surface area contributed by atoms with Crippen LogP contribution in [-0.2, 0) is 31.9 Å². The van der Waals surface area contributed by atoms with Crippen LogP contribution in [0.2, 0.25) is 0 Å². The van der Waals surface area contributed by atoms with Gasteiger partial charge in [0.25, 0.3) is 0 Å². The van der Waals surface area contributed by atoms with Gasteiger partial charge < -0.3 is 19.5 Å². The predicted octanol–water partition coefficient (Wildman–Crippen LogP) is 3.76. The molecule has 0 amide bonds. The van der Waals surface area contributed by atoms with Crippen LogP contribution in [0.3, 0.4) is 0 Å². The Labute approximate surface area is 188 Å². The summed E-state index contributed by atoms with van der Waals surface area (Å²) in [5.74, 6) is -1.01. The zero-order valence-electron chi connectivity index (χ0n) is 18.5. The Morgan fingerprint density at radius 1 is 0.750 bits per heavy atom. The highest BCUT2D eigenvalue weighted by atomic mass is 16.5. The maximum Gasteiger partial charge on any atom is 0.335 e.